The maximum atomic E-state index is 12.0. The van der Waals surface area contributed by atoms with Gasteiger partial charge in [0.2, 0.25) is 5.91 Å². The normalized spacial score (nSPS) is 32.7. The van der Waals surface area contributed by atoms with E-state index in [1.54, 1.807) is 0 Å². The van der Waals surface area contributed by atoms with Crippen LogP contribution < -0.4 is 16.4 Å². The van der Waals surface area contributed by atoms with Crippen LogP contribution >= 0.6 is 12.2 Å². The van der Waals surface area contributed by atoms with Crippen molar-refractivity contribution in [2.24, 2.45) is 5.73 Å². The van der Waals surface area contributed by atoms with E-state index >= 15 is 0 Å². The van der Waals surface area contributed by atoms with E-state index in [-0.39, 0.29) is 23.7 Å². The molecular formula is C10H17N3O3S2. The maximum absolute atomic E-state index is 12.0. The number of carbonyl (C=O) groups excluding carboxylic acids is 1. The molecule has 0 aromatic heterocycles. The van der Waals surface area contributed by atoms with Crippen molar-refractivity contribution < 1.29 is 13.2 Å². The van der Waals surface area contributed by atoms with E-state index in [0.29, 0.717) is 30.8 Å². The molecular weight excluding hydrogens is 274 g/mol. The Morgan fingerprint density at radius 2 is 2.11 bits per heavy atom. The van der Waals surface area contributed by atoms with Crippen molar-refractivity contribution in [2.75, 3.05) is 5.75 Å². The summed E-state index contributed by atoms with van der Waals surface area (Å²) in [5.41, 5.74) is 5.05. The van der Waals surface area contributed by atoms with Crippen LogP contribution in [0, 0.1) is 0 Å². The third kappa shape index (κ3) is 2.74. The van der Waals surface area contributed by atoms with Crippen LogP contribution in [0.15, 0.2) is 0 Å². The standard InChI is InChI=1S/C10H17N3O3S2/c11-8(14)4-2-1-3-7-9-6(5-18(7,15)16)12-10(17)13-9/h6-7,9H,1-5H2,(H2,11,14)(H2,12,13,17)/t6-,7-,9-/m0/s1. The Morgan fingerprint density at radius 3 is 2.78 bits per heavy atom. The number of thiocarbonyl (C=S) groups is 1. The highest BCUT2D eigenvalue weighted by Crippen LogP contribution is 2.28. The second kappa shape index (κ2) is 5.00. The summed E-state index contributed by atoms with van der Waals surface area (Å²) < 4.78 is 24.0. The lowest BCUT2D eigenvalue weighted by Gasteiger charge is -2.16. The Bertz CT molecular complexity index is 463. The molecule has 0 radical (unpaired) electrons. The molecule has 0 unspecified atom stereocenters. The first kappa shape index (κ1) is 13.5. The summed E-state index contributed by atoms with van der Waals surface area (Å²) in [7, 11) is -3.07. The monoisotopic (exact) mass is 291 g/mol. The number of nitrogens with two attached hydrogens (primary N) is 1. The van der Waals surface area contributed by atoms with Gasteiger partial charge < -0.3 is 16.4 Å². The summed E-state index contributed by atoms with van der Waals surface area (Å²) in [6.45, 7) is 0. The van der Waals surface area contributed by atoms with Gasteiger partial charge >= 0.3 is 0 Å². The van der Waals surface area contributed by atoms with Crippen LogP contribution in [0.1, 0.15) is 25.7 Å². The highest BCUT2D eigenvalue weighted by Gasteiger charge is 2.50. The molecule has 0 bridgehead atoms. The van der Waals surface area contributed by atoms with Crippen LogP contribution in [-0.2, 0) is 14.6 Å². The smallest absolute Gasteiger partial charge is 0.217 e. The summed E-state index contributed by atoms with van der Waals surface area (Å²) in [6, 6.07) is -0.236. The molecule has 2 aliphatic heterocycles. The van der Waals surface area contributed by atoms with E-state index in [1.165, 1.54) is 0 Å². The van der Waals surface area contributed by atoms with Crippen LogP contribution in [0.2, 0.25) is 0 Å². The third-order valence-corrected chi connectivity index (χ3v) is 5.99. The van der Waals surface area contributed by atoms with Gasteiger partial charge in [-0.15, -0.1) is 0 Å². The topological polar surface area (TPSA) is 101 Å². The van der Waals surface area contributed by atoms with Crippen molar-refractivity contribution in [2.45, 2.75) is 43.0 Å². The zero-order valence-electron chi connectivity index (χ0n) is 9.89. The highest BCUT2D eigenvalue weighted by atomic mass is 32.2. The predicted octanol–water partition coefficient (Wildman–Crippen LogP) is -0.956. The van der Waals surface area contributed by atoms with Crippen molar-refractivity contribution in [1.82, 2.24) is 10.6 Å². The molecule has 0 aliphatic carbocycles. The summed E-state index contributed by atoms with van der Waals surface area (Å²) in [5.74, 6) is -0.213. The number of hydrogen-bond donors (Lipinski definition) is 3. The number of unbranched alkanes of at least 4 members (excludes halogenated alkanes) is 1. The highest BCUT2D eigenvalue weighted by molar-refractivity contribution is 7.92. The predicted molar refractivity (Wildman–Crippen MR) is 71.7 cm³/mol. The van der Waals surface area contributed by atoms with E-state index in [2.05, 4.69) is 10.6 Å². The molecule has 6 nitrogen and oxygen atoms in total. The third-order valence-electron chi connectivity index (χ3n) is 3.48. The van der Waals surface area contributed by atoms with Gasteiger partial charge in [-0.2, -0.15) is 0 Å². The lowest BCUT2D eigenvalue weighted by Crippen LogP contribution is -2.38. The number of nitrogens with one attached hydrogen (secondary N) is 2. The van der Waals surface area contributed by atoms with Gasteiger partial charge in [-0.1, -0.05) is 6.42 Å². The Morgan fingerprint density at radius 1 is 1.39 bits per heavy atom. The average Bonchev–Trinajstić information content (AvgIpc) is 2.66. The fourth-order valence-electron chi connectivity index (χ4n) is 2.65. The van der Waals surface area contributed by atoms with Crippen LogP contribution in [0.25, 0.3) is 0 Å². The van der Waals surface area contributed by atoms with Crippen LogP contribution in [-0.4, -0.2) is 42.5 Å². The Balaban J connectivity index is 1.93. The minimum Gasteiger partial charge on any atom is -0.370 e. The number of primary amides is 1. The van der Waals surface area contributed by atoms with E-state index in [9.17, 15) is 13.2 Å². The van der Waals surface area contributed by atoms with Crippen molar-refractivity contribution in [3.63, 3.8) is 0 Å². The van der Waals surface area contributed by atoms with Crippen molar-refractivity contribution in [1.29, 1.82) is 0 Å². The zero-order chi connectivity index (χ0) is 13.3. The Kier molecular flexibility index (Phi) is 3.76. The van der Waals surface area contributed by atoms with Gasteiger partial charge in [-0.3, -0.25) is 4.79 Å². The van der Waals surface area contributed by atoms with Gasteiger partial charge in [0.05, 0.1) is 23.1 Å². The summed E-state index contributed by atoms with van der Waals surface area (Å²) in [4.78, 5) is 10.6. The van der Waals surface area contributed by atoms with Gasteiger partial charge in [0.1, 0.15) is 0 Å². The van der Waals surface area contributed by atoms with Crippen molar-refractivity contribution in [3.8, 4) is 0 Å². The van der Waals surface area contributed by atoms with Crippen molar-refractivity contribution in [3.05, 3.63) is 0 Å². The molecule has 2 saturated heterocycles. The van der Waals surface area contributed by atoms with Crippen LogP contribution in [0.5, 0.6) is 0 Å². The first-order valence-corrected chi connectivity index (χ1v) is 8.09. The van der Waals surface area contributed by atoms with E-state index in [4.69, 9.17) is 18.0 Å². The zero-order valence-corrected chi connectivity index (χ0v) is 11.5. The van der Waals surface area contributed by atoms with Gasteiger partial charge in [-0.25, -0.2) is 8.42 Å². The average molecular weight is 291 g/mol. The largest absolute Gasteiger partial charge is 0.370 e. The van der Waals surface area contributed by atoms with Gasteiger partial charge in [0, 0.05) is 6.42 Å². The van der Waals surface area contributed by atoms with Gasteiger partial charge in [-0.05, 0) is 25.1 Å². The molecule has 1 amide bonds. The second-order valence-corrected chi connectivity index (χ2v) is 7.50. The SMILES string of the molecule is NC(=O)CCCC[C@H]1[C@H]2NC(=S)N[C@H]2CS1(=O)=O. The molecule has 0 saturated carbocycles. The summed E-state index contributed by atoms with van der Waals surface area (Å²) in [5, 5.41) is 6.11. The van der Waals surface area contributed by atoms with Gasteiger partial charge in [0.15, 0.2) is 14.9 Å². The quantitative estimate of drug-likeness (QED) is 0.446. The molecule has 0 spiro atoms. The number of rotatable bonds is 5. The lowest BCUT2D eigenvalue weighted by atomic mass is 10.0. The van der Waals surface area contributed by atoms with Crippen molar-refractivity contribution >= 4 is 33.1 Å². The number of sulfone groups is 1. The number of carbonyl (C=O) groups is 1. The van der Waals surface area contributed by atoms with E-state index in [1.807, 2.05) is 0 Å². The van der Waals surface area contributed by atoms with E-state index in [0.717, 1.165) is 0 Å². The molecule has 4 N–H and O–H groups in total. The Hall–Kier alpha value is -0.890. The molecule has 8 heteroatoms. The first-order valence-electron chi connectivity index (χ1n) is 5.97. The lowest BCUT2D eigenvalue weighted by molar-refractivity contribution is -0.118. The molecule has 2 heterocycles. The van der Waals surface area contributed by atoms with Gasteiger partial charge in [0.25, 0.3) is 0 Å². The van der Waals surface area contributed by atoms with E-state index < -0.39 is 15.1 Å². The fraction of sp³-hybridized carbons (Fsp3) is 0.800. The molecule has 2 fully saturated rings. The molecule has 0 aromatic carbocycles. The molecule has 2 aliphatic rings. The van der Waals surface area contributed by atoms with Crippen LogP contribution in [0.3, 0.4) is 0 Å². The maximum Gasteiger partial charge on any atom is 0.217 e. The number of hydrogen-bond acceptors (Lipinski definition) is 4. The minimum atomic E-state index is -3.07. The minimum absolute atomic E-state index is 0.108. The molecule has 18 heavy (non-hydrogen) atoms. The molecule has 102 valence electrons. The molecule has 0 aromatic rings. The number of fused-ring (bicyclic) bond motifs is 1. The second-order valence-electron chi connectivity index (χ2n) is 4.83. The van der Waals surface area contributed by atoms with Crippen LogP contribution in [0.4, 0.5) is 0 Å². The molecule has 2 rings (SSSR count). The summed E-state index contributed by atoms with van der Waals surface area (Å²) in [6.07, 6.45) is 2.18. The Labute approximate surface area is 112 Å². The number of amides is 1. The first-order chi connectivity index (χ1) is 8.40. The summed E-state index contributed by atoms with van der Waals surface area (Å²) >= 11 is 4.99. The molecule has 3 atom stereocenters. The fourth-order valence-corrected chi connectivity index (χ4v) is 5.21.